The first-order valence-electron chi connectivity index (χ1n) is 6.90. The summed E-state index contributed by atoms with van der Waals surface area (Å²) in [5.41, 5.74) is 5.70. The number of alkyl halides is 4. The number of nitrogens with zero attached hydrogens (tertiary/aromatic N) is 1. The minimum atomic E-state index is -4.30. The predicted molar refractivity (Wildman–Crippen MR) is 81.6 cm³/mol. The average molecular weight is 387 g/mol. The topological polar surface area (TPSA) is 111 Å². The number of nitrogens with two attached hydrogens (primary N) is 1. The van der Waals surface area contributed by atoms with Gasteiger partial charge in [-0.1, -0.05) is 0 Å². The van der Waals surface area contributed by atoms with Crippen LogP contribution in [0.4, 0.5) is 23.2 Å². The van der Waals surface area contributed by atoms with Gasteiger partial charge in [0.1, 0.15) is 9.84 Å². The molecule has 1 unspecified atom stereocenters. The normalized spacial score (nSPS) is 13.6. The Labute approximate surface area is 141 Å². The lowest BCUT2D eigenvalue weighted by molar-refractivity contribution is -0.148. The zero-order valence-corrected chi connectivity index (χ0v) is 13.9. The second kappa shape index (κ2) is 8.43. The van der Waals surface area contributed by atoms with Crippen molar-refractivity contribution in [2.75, 3.05) is 23.9 Å². The Bertz CT molecular complexity index is 683. The Balaban J connectivity index is 2.55. The van der Waals surface area contributed by atoms with Gasteiger partial charge in [-0.05, 0) is 12.5 Å². The number of nitrogens with one attached hydrogen (secondary N) is 1. The van der Waals surface area contributed by atoms with Crippen molar-refractivity contribution in [3.05, 3.63) is 18.3 Å². The SMILES string of the molecule is CS(=O)(=O)CCC(N)C(=O)Nc1ccc(OCC(F)(F)C(F)F)nc1. The van der Waals surface area contributed by atoms with E-state index >= 15 is 0 Å². The van der Waals surface area contributed by atoms with Gasteiger partial charge in [0.2, 0.25) is 11.8 Å². The van der Waals surface area contributed by atoms with E-state index in [9.17, 15) is 30.8 Å². The summed E-state index contributed by atoms with van der Waals surface area (Å²) in [7, 11) is -3.26. The van der Waals surface area contributed by atoms with Crippen molar-refractivity contribution in [2.45, 2.75) is 24.8 Å². The molecule has 0 spiro atoms. The summed E-state index contributed by atoms with van der Waals surface area (Å²) in [5.74, 6) is -5.56. The van der Waals surface area contributed by atoms with Gasteiger partial charge in [-0.25, -0.2) is 22.2 Å². The molecule has 1 amide bonds. The van der Waals surface area contributed by atoms with Crippen LogP contribution < -0.4 is 15.8 Å². The number of aromatic nitrogens is 1. The minimum Gasteiger partial charge on any atom is -0.471 e. The van der Waals surface area contributed by atoms with Gasteiger partial charge in [0.15, 0.2) is 6.61 Å². The van der Waals surface area contributed by atoms with E-state index in [1.807, 2.05) is 0 Å². The maximum atomic E-state index is 12.7. The van der Waals surface area contributed by atoms with E-state index in [4.69, 9.17) is 5.73 Å². The lowest BCUT2D eigenvalue weighted by Crippen LogP contribution is -2.37. The van der Waals surface area contributed by atoms with Gasteiger partial charge in [-0.2, -0.15) is 8.78 Å². The Kier molecular flexibility index (Phi) is 7.11. The van der Waals surface area contributed by atoms with Crippen LogP contribution in [0.25, 0.3) is 0 Å². The maximum absolute atomic E-state index is 12.7. The number of hydrogen-bond acceptors (Lipinski definition) is 6. The van der Waals surface area contributed by atoms with Crippen molar-refractivity contribution >= 4 is 21.4 Å². The Morgan fingerprint density at radius 1 is 1.40 bits per heavy atom. The highest BCUT2D eigenvalue weighted by Gasteiger charge is 2.41. The smallest absolute Gasteiger partial charge is 0.340 e. The van der Waals surface area contributed by atoms with Crippen molar-refractivity contribution in [2.24, 2.45) is 5.73 Å². The van der Waals surface area contributed by atoms with Crippen LogP contribution in [0.5, 0.6) is 5.88 Å². The Morgan fingerprint density at radius 3 is 2.52 bits per heavy atom. The zero-order valence-electron chi connectivity index (χ0n) is 13.1. The summed E-state index contributed by atoms with van der Waals surface area (Å²) >= 11 is 0. The molecule has 0 aliphatic heterocycles. The molecule has 0 radical (unpaired) electrons. The van der Waals surface area contributed by atoms with E-state index in [2.05, 4.69) is 15.0 Å². The summed E-state index contributed by atoms with van der Waals surface area (Å²) in [6.07, 6.45) is -1.88. The van der Waals surface area contributed by atoms with E-state index in [0.717, 1.165) is 18.5 Å². The zero-order chi connectivity index (χ0) is 19.3. The fourth-order valence-corrected chi connectivity index (χ4v) is 2.16. The number of carbonyl (C=O) groups excluding carboxylic acids is 1. The molecule has 142 valence electrons. The van der Waals surface area contributed by atoms with Crippen LogP contribution >= 0.6 is 0 Å². The molecule has 1 aromatic heterocycles. The quantitative estimate of drug-likeness (QED) is 0.613. The highest BCUT2D eigenvalue weighted by molar-refractivity contribution is 7.90. The molecule has 12 heteroatoms. The van der Waals surface area contributed by atoms with Gasteiger partial charge in [-0.15, -0.1) is 0 Å². The molecule has 1 aromatic rings. The highest BCUT2D eigenvalue weighted by atomic mass is 32.2. The Morgan fingerprint density at radius 2 is 2.04 bits per heavy atom. The molecule has 1 heterocycles. The molecule has 0 bridgehead atoms. The molecule has 0 aromatic carbocycles. The molecule has 0 fully saturated rings. The monoisotopic (exact) mass is 387 g/mol. The van der Waals surface area contributed by atoms with Crippen molar-refractivity contribution in [1.29, 1.82) is 0 Å². The van der Waals surface area contributed by atoms with Crippen LogP contribution in [-0.4, -0.2) is 56.3 Å². The van der Waals surface area contributed by atoms with Crippen molar-refractivity contribution in [3.63, 3.8) is 0 Å². The Hall–Kier alpha value is -1.95. The molecule has 25 heavy (non-hydrogen) atoms. The first-order valence-corrected chi connectivity index (χ1v) is 8.96. The number of pyridine rings is 1. The van der Waals surface area contributed by atoms with E-state index in [1.54, 1.807) is 0 Å². The first-order chi connectivity index (χ1) is 11.4. The standard InChI is InChI=1S/C13H17F4N3O4S/c1-25(22,23)5-4-9(18)11(21)20-8-2-3-10(19-6-8)24-7-13(16,17)12(14)15/h2-3,6,9,12H,4-5,7,18H2,1H3,(H,20,21). The molecule has 7 nitrogen and oxygen atoms in total. The lowest BCUT2D eigenvalue weighted by atomic mass is 10.2. The molecule has 1 atom stereocenters. The van der Waals surface area contributed by atoms with Gasteiger partial charge >= 0.3 is 12.3 Å². The van der Waals surface area contributed by atoms with Crippen LogP contribution in [0.3, 0.4) is 0 Å². The predicted octanol–water partition coefficient (Wildman–Crippen LogP) is 1.06. The molecule has 0 aliphatic rings. The van der Waals surface area contributed by atoms with Crippen molar-refractivity contribution < 1.29 is 35.5 Å². The molecule has 0 saturated carbocycles. The first kappa shape index (κ1) is 21.1. The largest absolute Gasteiger partial charge is 0.471 e. The molecule has 3 N–H and O–H groups in total. The van der Waals surface area contributed by atoms with Gasteiger partial charge < -0.3 is 15.8 Å². The number of hydrogen-bond donors (Lipinski definition) is 2. The molecular weight excluding hydrogens is 370 g/mol. The van der Waals surface area contributed by atoms with E-state index in [0.29, 0.717) is 0 Å². The fourth-order valence-electron chi connectivity index (χ4n) is 1.48. The summed E-state index contributed by atoms with van der Waals surface area (Å²) in [5, 5.41) is 2.35. The third-order valence-electron chi connectivity index (χ3n) is 2.87. The fraction of sp³-hybridized carbons (Fsp3) is 0.538. The second-order valence-electron chi connectivity index (χ2n) is 5.25. The second-order valence-corrected chi connectivity index (χ2v) is 7.51. The molecular formula is C13H17F4N3O4S. The van der Waals surface area contributed by atoms with Crippen LogP contribution in [-0.2, 0) is 14.6 Å². The molecule has 0 saturated heterocycles. The van der Waals surface area contributed by atoms with Gasteiger partial charge in [0.05, 0.1) is 23.7 Å². The van der Waals surface area contributed by atoms with Crippen molar-refractivity contribution in [1.82, 2.24) is 4.98 Å². The van der Waals surface area contributed by atoms with Gasteiger partial charge in [-0.3, -0.25) is 4.79 Å². The van der Waals surface area contributed by atoms with Crippen LogP contribution in [0.1, 0.15) is 6.42 Å². The number of carbonyl (C=O) groups is 1. The third-order valence-corrected chi connectivity index (χ3v) is 3.85. The summed E-state index contributed by atoms with van der Waals surface area (Å²) in [6, 6.07) is 1.26. The van der Waals surface area contributed by atoms with Crippen LogP contribution in [0, 0.1) is 0 Å². The van der Waals surface area contributed by atoms with Gasteiger partial charge in [0.25, 0.3) is 0 Å². The van der Waals surface area contributed by atoms with Crippen molar-refractivity contribution in [3.8, 4) is 5.88 Å². The summed E-state index contributed by atoms with van der Waals surface area (Å²) in [4.78, 5) is 15.4. The minimum absolute atomic E-state index is 0.0813. The number of amides is 1. The maximum Gasteiger partial charge on any atom is 0.340 e. The van der Waals surface area contributed by atoms with Crippen LogP contribution in [0.15, 0.2) is 18.3 Å². The summed E-state index contributed by atoms with van der Waals surface area (Å²) < 4.78 is 75.9. The summed E-state index contributed by atoms with van der Waals surface area (Å²) in [6.45, 7) is -1.54. The number of anilines is 1. The van der Waals surface area contributed by atoms with E-state index in [1.165, 1.54) is 6.07 Å². The number of halogens is 4. The number of ether oxygens (including phenoxy) is 1. The van der Waals surface area contributed by atoms with Gasteiger partial charge in [0, 0.05) is 12.3 Å². The lowest BCUT2D eigenvalue weighted by Gasteiger charge is -2.15. The van der Waals surface area contributed by atoms with Crippen LogP contribution in [0.2, 0.25) is 0 Å². The van der Waals surface area contributed by atoms with E-state index in [-0.39, 0.29) is 23.7 Å². The molecule has 1 rings (SSSR count). The molecule has 0 aliphatic carbocycles. The average Bonchev–Trinajstić information content (AvgIpc) is 2.51. The number of rotatable bonds is 9. The highest BCUT2D eigenvalue weighted by Crippen LogP contribution is 2.24. The van der Waals surface area contributed by atoms with E-state index < -0.39 is 40.7 Å². The third kappa shape index (κ3) is 7.65. The number of sulfone groups is 1.